The zero-order valence-corrected chi connectivity index (χ0v) is 20.9. The number of halogens is 3. The highest BCUT2D eigenvalue weighted by Crippen LogP contribution is 2.38. The van der Waals surface area contributed by atoms with Crippen molar-refractivity contribution in [3.8, 4) is 0 Å². The number of hydrogen-bond donors (Lipinski definition) is 0. The minimum Gasteiger partial charge on any atom is -0.416 e. The monoisotopic (exact) mass is 484 g/mol. The van der Waals surface area contributed by atoms with Gasteiger partial charge in [0.05, 0.1) is 11.5 Å². The van der Waals surface area contributed by atoms with Gasteiger partial charge < -0.3 is 13.8 Å². The van der Waals surface area contributed by atoms with Crippen LogP contribution in [-0.4, -0.2) is 25.9 Å². The van der Waals surface area contributed by atoms with Crippen molar-refractivity contribution in [2.75, 3.05) is 6.61 Å². The molecule has 1 aromatic heterocycles. The highest BCUT2D eigenvalue weighted by molar-refractivity contribution is 9.10. The molecule has 1 heterocycles. The molecule has 7 heteroatoms. The Hall–Kier alpha value is -1.23. The van der Waals surface area contributed by atoms with Crippen molar-refractivity contribution in [2.24, 2.45) is 5.92 Å². The molecular weight excluding hydrogens is 454 g/mol. The van der Waals surface area contributed by atoms with Crippen LogP contribution in [0.5, 0.6) is 0 Å². The van der Waals surface area contributed by atoms with Crippen LogP contribution in [0.15, 0.2) is 28.9 Å². The van der Waals surface area contributed by atoms with Gasteiger partial charge in [-0.1, -0.05) is 42.8 Å². The van der Waals surface area contributed by atoms with Gasteiger partial charge >= 0.3 is 0 Å². The van der Waals surface area contributed by atoms with Crippen molar-refractivity contribution in [1.29, 1.82) is 0 Å². The Kier molecular flexibility index (Phi) is 7.03. The molecule has 1 atom stereocenters. The molecule has 0 aliphatic carbocycles. The highest BCUT2D eigenvalue weighted by Gasteiger charge is 2.38. The van der Waals surface area contributed by atoms with Crippen LogP contribution in [0.1, 0.15) is 40.2 Å². The van der Waals surface area contributed by atoms with Crippen molar-refractivity contribution in [1.82, 2.24) is 4.57 Å². The molecule has 0 spiro atoms. The average molecular weight is 485 g/mol. The Labute approximate surface area is 182 Å². The molecule has 2 aromatic rings. The van der Waals surface area contributed by atoms with Gasteiger partial charge in [-0.25, -0.2) is 15.4 Å². The molecule has 0 saturated heterocycles. The third kappa shape index (κ3) is 5.28. The van der Waals surface area contributed by atoms with Crippen LogP contribution in [0.2, 0.25) is 18.1 Å². The molecule has 29 heavy (non-hydrogen) atoms. The fourth-order valence-electron chi connectivity index (χ4n) is 2.95. The first-order chi connectivity index (χ1) is 13.2. The Morgan fingerprint density at radius 3 is 2.34 bits per heavy atom. The van der Waals surface area contributed by atoms with Gasteiger partial charge in [-0.3, -0.25) is 0 Å². The molecule has 0 bridgehead atoms. The molecular formula is C22H31BrF2N2OSi. The predicted octanol–water partition coefficient (Wildman–Crippen LogP) is 7.46. The third-order valence-electron chi connectivity index (χ3n) is 6.03. The average Bonchev–Trinajstić information content (AvgIpc) is 2.95. The standard InChI is InChI=1S/C22H31BrF2N2OSi/c1-21(2,3)29(7,8)28-14-15(20(24)25)12-27-13-18(22(4,5)26-6)17-10-9-16(23)11-19(17)27/h9-11,13,15,20H,12,14H2,1-5,7-8H3. The van der Waals surface area contributed by atoms with Crippen molar-refractivity contribution in [2.45, 2.75) is 71.3 Å². The van der Waals surface area contributed by atoms with Crippen LogP contribution in [-0.2, 0) is 16.5 Å². The topological polar surface area (TPSA) is 18.5 Å². The number of aromatic nitrogens is 1. The van der Waals surface area contributed by atoms with E-state index >= 15 is 0 Å². The number of nitrogens with zero attached hydrogens (tertiary/aromatic N) is 2. The second kappa shape index (κ2) is 8.48. The van der Waals surface area contributed by atoms with Gasteiger partial charge in [0.25, 0.3) is 5.54 Å². The summed E-state index contributed by atoms with van der Waals surface area (Å²) in [5.74, 6) is -0.914. The Bertz CT molecular complexity index is 910. The second-order valence-electron chi connectivity index (χ2n) is 9.69. The first kappa shape index (κ1) is 24.0. The minimum atomic E-state index is -2.48. The van der Waals surface area contributed by atoms with Crippen LogP contribution >= 0.6 is 15.9 Å². The molecule has 3 nitrogen and oxygen atoms in total. The molecule has 0 fully saturated rings. The number of hydrogen-bond acceptors (Lipinski definition) is 1. The maximum absolute atomic E-state index is 13.9. The van der Waals surface area contributed by atoms with Crippen molar-refractivity contribution >= 4 is 35.2 Å². The van der Waals surface area contributed by atoms with E-state index in [1.807, 2.05) is 42.8 Å². The summed E-state index contributed by atoms with van der Waals surface area (Å²) in [5.41, 5.74) is 0.979. The number of alkyl halides is 2. The normalized spacial score (nSPS) is 14.4. The lowest BCUT2D eigenvalue weighted by molar-refractivity contribution is 0.0360. The van der Waals surface area contributed by atoms with Crippen molar-refractivity contribution < 1.29 is 13.2 Å². The van der Waals surface area contributed by atoms with Gasteiger partial charge in [-0.15, -0.1) is 0 Å². The zero-order chi connectivity index (χ0) is 22.2. The number of fused-ring (bicyclic) bond motifs is 1. The number of benzene rings is 1. The van der Waals surface area contributed by atoms with E-state index in [1.165, 1.54) is 0 Å². The lowest BCUT2D eigenvalue weighted by atomic mass is 9.95. The minimum absolute atomic E-state index is 0.0303. The van der Waals surface area contributed by atoms with Crippen LogP contribution in [0.3, 0.4) is 0 Å². The molecule has 0 radical (unpaired) electrons. The van der Waals surface area contributed by atoms with E-state index in [2.05, 4.69) is 54.6 Å². The maximum atomic E-state index is 13.9. The van der Waals surface area contributed by atoms with E-state index in [0.29, 0.717) is 0 Å². The highest BCUT2D eigenvalue weighted by atomic mass is 79.9. The van der Waals surface area contributed by atoms with Gasteiger partial charge in [-0.2, -0.15) is 0 Å². The van der Waals surface area contributed by atoms with E-state index in [1.54, 1.807) is 0 Å². The molecule has 160 valence electrons. The van der Waals surface area contributed by atoms with Gasteiger partial charge in [0.15, 0.2) is 8.32 Å². The van der Waals surface area contributed by atoms with Crippen LogP contribution in [0.25, 0.3) is 15.7 Å². The summed E-state index contributed by atoms with van der Waals surface area (Å²) < 4.78 is 36.7. The molecule has 0 aliphatic heterocycles. The first-order valence-electron chi connectivity index (χ1n) is 9.79. The van der Waals surface area contributed by atoms with Gasteiger partial charge in [-0.05, 0) is 30.3 Å². The lowest BCUT2D eigenvalue weighted by Gasteiger charge is -2.37. The van der Waals surface area contributed by atoms with Gasteiger partial charge in [0, 0.05) is 48.6 Å². The molecule has 1 unspecified atom stereocenters. The van der Waals surface area contributed by atoms with Gasteiger partial charge in [0.1, 0.15) is 0 Å². The summed E-state index contributed by atoms with van der Waals surface area (Å²) >= 11 is 3.48. The smallest absolute Gasteiger partial charge is 0.254 e. The summed E-state index contributed by atoms with van der Waals surface area (Å²) in [6.07, 6.45) is -0.627. The third-order valence-corrected chi connectivity index (χ3v) is 11.0. The van der Waals surface area contributed by atoms with Crippen molar-refractivity contribution in [3.05, 3.63) is 45.8 Å². The summed E-state index contributed by atoms with van der Waals surface area (Å²) in [6.45, 7) is 21.9. The van der Waals surface area contributed by atoms with Crippen molar-refractivity contribution in [3.63, 3.8) is 0 Å². The molecule has 0 N–H and O–H groups in total. The van der Waals surface area contributed by atoms with E-state index in [0.717, 1.165) is 20.9 Å². The van der Waals surface area contributed by atoms with Crippen LogP contribution in [0.4, 0.5) is 8.78 Å². The summed E-state index contributed by atoms with van der Waals surface area (Å²) in [7, 11) is -2.11. The first-order valence-corrected chi connectivity index (χ1v) is 13.5. The summed E-state index contributed by atoms with van der Waals surface area (Å²) in [4.78, 5) is 3.74. The predicted molar refractivity (Wildman–Crippen MR) is 122 cm³/mol. The molecule has 0 saturated carbocycles. The second-order valence-corrected chi connectivity index (χ2v) is 15.4. The zero-order valence-electron chi connectivity index (χ0n) is 18.3. The molecule has 1 aromatic carbocycles. The summed E-state index contributed by atoms with van der Waals surface area (Å²) in [6, 6.07) is 5.79. The summed E-state index contributed by atoms with van der Waals surface area (Å²) in [5, 5.41) is 0.893. The fourth-order valence-corrected chi connectivity index (χ4v) is 4.37. The number of rotatable bonds is 7. The Morgan fingerprint density at radius 2 is 1.83 bits per heavy atom. The Morgan fingerprint density at radius 1 is 1.21 bits per heavy atom. The van der Waals surface area contributed by atoms with E-state index in [4.69, 9.17) is 11.0 Å². The van der Waals surface area contributed by atoms with E-state index in [-0.39, 0.29) is 18.2 Å². The molecule has 0 aliphatic rings. The van der Waals surface area contributed by atoms with Gasteiger partial charge in [0.2, 0.25) is 6.43 Å². The quantitative estimate of drug-likeness (QED) is 0.294. The lowest BCUT2D eigenvalue weighted by Crippen LogP contribution is -2.43. The SMILES string of the molecule is [C-]#[N+]C(C)(C)c1cn(CC(CO[Si](C)(C)C(C)(C)C)C(F)F)c2cc(Br)ccc12. The van der Waals surface area contributed by atoms with E-state index in [9.17, 15) is 8.78 Å². The maximum Gasteiger partial charge on any atom is 0.254 e. The molecule has 2 rings (SSSR count). The largest absolute Gasteiger partial charge is 0.416 e. The van der Waals surface area contributed by atoms with E-state index < -0.39 is 26.2 Å². The Balaban J connectivity index is 2.40. The van der Waals surface area contributed by atoms with Crippen LogP contribution < -0.4 is 0 Å². The molecule has 0 amide bonds. The fraction of sp³-hybridized carbons (Fsp3) is 0.591. The van der Waals surface area contributed by atoms with Crippen LogP contribution in [0, 0.1) is 12.5 Å².